The lowest BCUT2D eigenvalue weighted by Crippen LogP contribution is -2.45. The molecule has 0 aromatic heterocycles. The molecule has 0 saturated carbocycles. The molecule has 1 atom stereocenters. The van der Waals surface area contributed by atoms with Gasteiger partial charge in [0.15, 0.2) is 11.5 Å². The highest BCUT2D eigenvalue weighted by atomic mass is 79.9. The number of phenolic OH excluding ortho intramolecular Hbond substituents is 1. The highest BCUT2D eigenvalue weighted by Crippen LogP contribution is 2.45. The van der Waals surface area contributed by atoms with Crippen LogP contribution in [0.2, 0.25) is 0 Å². The molecule has 0 bridgehead atoms. The second-order valence-electron chi connectivity index (χ2n) is 6.08. The third-order valence-corrected chi connectivity index (χ3v) is 6.20. The molecule has 1 aromatic rings. The first-order chi connectivity index (χ1) is 10.5. The predicted octanol–water partition coefficient (Wildman–Crippen LogP) is 3.92. The Labute approximate surface area is 149 Å². The van der Waals surface area contributed by atoms with Gasteiger partial charge in [0.2, 0.25) is 0 Å². The molecule has 0 radical (unpaired) electrons. The van der Waals surface area contributed by atoms with Gasteiger partial charge in [0.1, 0.15) is 0 Å². The van der Waals surface area contributed by atoms with Crippen molar-refractivity contribution >= 4 is 31.9 Å². The lowest BCUT2D eigenvalue weighted by atomic mass is 9.94. The van der Waals surface area contributed by atoms with Crippen molar-refractivity contribution in [3.8, 4) is 11.5 Å². The standard InChI is InChI=1S/C16H24Br2N2O2/c1-10(2)8-12(20-6-4-19-5-7-20)11-9-13(22-3)16(21)15(18)14(11)17/h9-10,12,19,21H,4-8H2,1-3H3/t12-/m1/s1. The normalized spacial score (nSPS) is 17.7. The van der Waals surface area contributed by atoms with Crippen molar-refractivity contribution in [1.29, 1.82) is 0 Å². The van der Waals surface area contributed by atoms with Crippen molar-refractivity contribution in [2.24, 2.45) is 5.92 Å². The average molecular weight is 436 g/mol. The minimum Gasteiger partial charge on any atom is -0.503 e. The topological polar surface area (TPSA) is 44.7 Å². The number of nitrogens with zero attached hydrogens (tertiary/aromatic N) is 1. The number of aromatic hydroxyl groups is 1. The van der Waals surface area contributed by atoms with Gasteiger partial charge in [0, 0.05) is 36.7 Å². The molecule has 1 fully saturated rings. The summed E-state index contributed by atoms with van der Waals surface area (Å²) in [5, 5.41) is 13.6. The molecular formula is C16H24Br2N2O2. The summed E-state index contributed by atoms with van der Waals surface area (Å²) in [6.45, 7) is 8.59. The van der Waals surface area contributed by atoms with Gasteiger partial charge in [-0.2, -0.15) is 0 Å². The summed E-state index contributed by atoms with van der Waals surface area (Å²) in [4.78, 5) is 2.51. The van der Waals surface area contributed by atoms with E-state index >= 15 is 0 Å². The highest BCUT2D eigenvalue weighted by molar-refractivity contribution is 9.13. The first-order valence-corrected chi connectivity index (χ1v) is 9.23. The summed E-state index contributed by atoms with van der Waals surface area (Å²) in [5.41, 5.74) is 1.16. The minimum atomic E-state index is 0.140. The fourth-order valence-corrected chi connectivity index (χ4v) is 3.91. The van der Waals surface area contributed by atoms with Crippen LogP contribution in [0.1, 0.15) is 31.9 Å². The molecule has 0 amide bonds. The molecule has 1 aliphatic rings. The third kappa shape index (κ3) is 3.96. The zero-order chi connectivity index (χ0) is 16.3. The zero-order valence-corrected chi connectivity index (χ0v) is 16.5. The molecule has 22 heavy (non-hydrogen) atoms. The van der Waals surface area contributed by atoms with Crippen molar-refractivity contribution < 1.29 is 9.84 Å². The van der Waals surface area contributed by atoms with Crippen molar-refractivity contribution in [2.75, 3.05) is 33.3 Å². The number of nitrogens with one attached hydrogen (secondary N) is 1. The Bertz CT molecular complexity index is 517. The van der Waals surface area contributed by atoms with E-state index in [0.29, 0.717) is 22.2 Å². The molecule has 6 heteroatoms. The van der Waals surface area contributed by atoms with Crippen molar-refractivity contribution in [3.63, 3.8) is 0 Å². The van der Waals surface area contributed by atoms with E-state index < -0.39 is 0 Å². The van der Waals surface area contributed by atoms with E-state index in [-0.39, 0.29) is 5.75 Å². The summed E-state index contributed by atoms with van der Waals surface area (Å²) in [5.74, 6) is 1.24. The van der Waals surface area contributed by atoms with Crippen LogP contribution in [0.25, 0.3) is 0 Å². The summed E-state index contributed by atoms with van der Waals surface area (Å²) < 4.78 is 6.90. The van der Waals surface area contributed by atoms with Gasteiger partial charge >= 0.3 is 0 Å². The lowest BCUT2D eigenvalue weighted by molar-refractivity contribution is 0.153. The lowest BCUT2D eigenvalue weighted by Gasteiger charge is -2.37. The van der Waals surface area contributed by atoms with Crippen LogP contribution in [0.15, 0.2) is 15.0 Å². The second kappa shape index (κ2) is 7.99. The first-order valence-electron chi connectivity index (χ1n) is 7.65. The molecule has 2 rings (SSSR count). The van der Waals surface area contributed by atoms with Gasteiger partial charge in [-0.3, -0.25) is 4.90 Å². The number of hydrogen-bond donors (Lipinski definition) is 2. The van der Waals surface area contributed by atoms with Gasteiger partial charge in [-0.1, -0.05) is 13.8 Å². The van der Waals surface area contributed by atoms with Gasteiger partial charge in [0.05, 0.1) is 11.6 Å². The number of phenols is 1. The summed E-state index contributed by atoms with van der Waals surface area (Å²) >= 11 is 7.12. The maximum absolute atomic E-state index is 10.2. The van der Waals surface area contributed by atoms with Gasteiger partial charge in [-0.25, -0.2) is 0 Å². The maximum Gasteiger partial charge on any atom is 0.173 e. The number of ether oxygens (including phenoxy) is 1. The van der Waals surface area contributed by atoms with Gasteiger partial charge in [-0.15, -0.1) is 0 Å². The number of halogens is 2. The Balaban J connectivity index is 2.43. The van der Waals surface area contributed by atoms with Crippen LogP contribution in [0.4, 0.5) is 0 Å². The van der Waals surface area contributed by atoms with Crippen molar-refractivity contribution in [3.05, 3.63) is 20.6 Å². The fraction of sp³-hybridized carbons (Fsp3) is 0.625. The molecule has 1 aliphatic heterocycles. The molecule has 2 N–H and O–H groups in total. The highest BCUT2D eigenvalue weighted by Gasteiger charge is 2.27. The summed E-state index contributed by atoms with van der Waals surface area (Å²) in [6, 6.07) is 2.27. The maximum atomic E-state index is 10.2. The van der Waals surface area contributed by atoms with Gasteiger partial charge in [-0.05, 0) is 55.8 Å². The van der Waals surface area contributed by atoms with Crippen LogP contribution in [0, 0.1) is 5.92 Å². The van der Waals surface area contributed by atoms with E-state index in [9.17, 15) is 5.11 Å². The monoisotopic (exact) mass is 434 g/mol. The van der Waals surface area contributed by atoms with Crippen molar-refractivity contribution in [2.45, 2.75) is 26.3 Å². The number of benzene rings is 1. The summed E-state index contributed by atoms with van der Waals surface area (Å²) in [6.07, 6.45) is 1.07. The fourth-order valence-electron chi connectivity index (χ4n) is 2.92. The molecule has 124 valence electrons. The van der Waals surface area contributed by atoms with Crippen LogP contribution in [0.3, 0.4) is 0 Å². The smallest absolute Gasteiger partial charge is 0.173 e. The SMILES string of the molecule is COc1cc([C@@H](CC(C)C)N2CCNCC2)c(Br)c(Br)c1O. The van der Waals surface area contributed by atoms with E-state index in [1.807, 2.05) is 6.07 Å². The molecule has 0 aliphatic carbocycles. The largest absolute Gasteiger partial charge is 0.503 e. The first kappa shape index (κ1) is 18.0. The molecule has 1 heterocycles. The molecule has 1 aromatic carbocycles. The van der Waals surface area contributed by atoms with Crippen LogP contribution in [-0.4, -0.2) is 43.3 Å². The quantitative estimate of drug-likeness (QED) is 0.735. The molecule has 4 nitrogen and oxygen atoms in total. The average Bonchev–Trinajstić information content (AvgIpc) is 2.52. The molecule has 0 spiro atoms. The molecular weight excluding hydrogens is 412 g/mol. The van der Waals surface area contributed by atoms with E-state index in [1.165, 1.54) is 0 Å². The van der Waals surface area contributed by atoms with Gasteiger partial charge < -0.3 is 15.2 Å². The summed E-state index contributed by atoms with van der Waals surface area (Å²) in [7, 11) is 1.58. The number of methoxy groups -OCH3 is 1. The Morgan fingerprint density at radius 2 is 1.91 bits per heavy atom. The Morgan fingerprint density at radius 3 is 2.45 bits per heavy atom. The molecule has 0 unspecified atom stereocenters. The predicted molar refractivity (Wildman–Crippen MR) is 96.7 cm³/mol. The zero-order valence-electron chi connectivity index (χ0n) is 13.3. The van der Waals surface area contributed by atoms with Gasteiger partial charge in [0.25, 0.3) is 0 Å². The van der Waals surface area contributed by atoms with Crippen molar-refractivity contribution in [1.82, 2.24) is 10.2 Å². The Hall–Kier alpha value is -0.300. The van der Waals surface area contributed by atoms with Crippen LogP contribution < -0.4 is 10.1 Å². The Kier molecular flexibility index (Phi) is 6.56. The number of hydrogen-bond acceptors (Lipinski definition) is 4. The van der Waals surface area contributed by atoms with Crippen LogP contribution in [-0.2, 0) is 0 Å². The number of rotatable bonds is 5. The number of piperazine rings is 1. The van der Waals surface area contributed by atoms with E-state index in [2.05, 4.69) is 55.9 Å². The van der Waals surface area contributed by atoms with E-state index in [4.69, 9.17) is 4.74 Å². The van der Waals surface area contributed by atoms with E-state index in [0.717, 1.165) is 42.6 Å². The minimum absolute atomic E-state index is 0.140. The Morgan fingerprint density at radius 1 is 1.27 bits per heavy atom. The van der Waals surface area contributed by atoms with Crippen LogP contribution >= 0.6 is 31.9 Å². The van der Waals surface area contributed by atoms with E-state index in [1.54, 1.807) is 7.11 Å². The third-order valence-electron chi connectivity index (χ3n) is 4.04. The molecule has 1 saturated heterocycles. The second-order valence-corrected chi connectivity index (χ2v) is 7.66. The van der Waals surface area contributed by atoms with Crippen LogP contribution in [0.5, 0.6) is 11.5 Å².